The van der Waals surface area contributed by atoms with Crippen LogP contribution in [0.4, 0.5) is 0 Å². The van der Waals surface area contributed by atoms with Crippen molar-refractivity contribution in [3.05, 3.63) is 35.4 Å². The zero-order valence-electron chi connectivity index (χ0n) is 14.1. The normalized spacial score (nSPS) is 21.4. The van der Waals surface area contributed by atoms with Gasteiger partial charge in [0.15, 0.2) is 0 Å². The lowest BCUT2D eigenvalue weighted by Gasteiger charge is -2.29. The molecule has 0 unspecified atom stereocenters. The summed E-state index contributed by atoms with van der Waals surface area (Å²) in [4.78, 5) is 14.6. The van der Waals surface area contributed by atoms with Crippen LogP contribution in [0.5, 0.6) is 0 Å². The number of nitriles is 1. The number of amides is 1. The Kier molecular flexibility index (Phi) is 4.60. The number of nitrogens with one attached hydrogen (secondary N) is 1. The summed E-state index contributed by atoms with van der Waals surface area (Å²) in [5.41, 5.74) is 1.85. The molecule has 1 saturated carbocycles. The maximum absolute atomic E-state index is 12.5. The van der Waals surface area contributed by atoms with Crippen molar-refractivity contribution in [1.29, 1.82) is 5.26 Å². The number of carbonyl (C=O) groups excluding carboxylic acids is 1. The molecule has 2 aliphatic rings. The zero-order valence-corrected chi connectivity index (χ0v) is 14.1. The summed E-state index contributed by atoms with van der Waals surface area (Å²) in [6, 6.07) is 10.8. The summed E-state index contributed by atoms with van der Waals surface area (Å²) in [5.74, 6) is 2.83. The Morgan fingerprint density at radius 3 is 2.83 bits per heavy atom. The molecule has 1 aromatic rings. The quantitative estimate of drug-likeness (QED) is 0.819. The van der Waals surface area contributed by atoms with Crippen LogP contribution in [-0.2, 0) is 11.2 Å². The maximum atomic E-state index is 12.5. The molecule has 2 aliphatic carbocycles. The molecule has 1 N–H and O–H groups in total. The number of fused-ring (bicyclic) bond motifs is 1. The largest absolute Gasteiger partial charge is 0.337 e. The summed E-state index contributed by atoms with van der Waals surface area (Å²) in [7, 11) is 0. The zero-order chi connectivity index (χ0) is 17.2. The van der Waals surface area contributed by atoms with Crippen molar-refractivity contribution in [3.8, 4) is 18.4 Å². The Labute approximate surface area is 143 Å². The van der Waals surface area contributed by atoms with E-state index in [4.69, 9.17) is 6.42 Å². The Morgan fingerprint density at radius 2 is 2.17 bits per heavy atom. The highest BCUT2D eigenvalue weighted by atomic mass is 16.2. The number of hydrogen-bond acceptors (Lipinski definition) is 3. The SMILES string of the molecule is C#CCN(CC(=O)N[C@@](C)(C#N)C1CC1)[C@@H]1CCc2ccccc21. The second kappa shape index (κ2) is 6.67. The molecule has 24 heavy (non-hydrogen) atoms. The highest BCUT2D eigenvalue weighted by molar-refractivity contribution is 5.79. The molecule has 0 bridgehead atoms. The van der Waals surface area contributed by atoms with E-state index in [1.54, 1.807) is 0 Å². The van der Waals surface area contributed by atoms with Gasteiger partial charge in [0.05, 0.1) is 19.2 Å². The standard InChI is InChI=1S/C20H23N3O/c1-3-12-23(18-11-8-15-6-4-5-7-17(15)18)13-19(24)22-20(2,14-21)16-9-10-16/h1,4-7,16,18H,8-13H2,2H3,(H,22,24)/t18-,20+/m1/s1. The minimum atomic E-state index is -0.757. The molecule has 0 aliphatic heterocycles. The average molecular weight is 321 g/mol. The lowest BCUT2D eigenvalue weighted by atomic mass is 9.98. The van der Waals surface area contributed by atoms with E-state index in [-0.39, 0.29) is 24.4 Å². The Morgan fingerprint density at radius 1 is 1.42 bits per heavy atom. The van der Waals surface area contributed by atoms with Crippen LogP contribution in [0.2, 0.25) is 0 Å². The van der Waals surface area contributed by atoms with Crippen LogP contribution in [0.3, 0.4) is 0 Å². The fourth-order valence-corrected chi connectivity index (χ4v) is 3.70. The first kappa shape index (κ1) is 16.6. The van der Waals surface area contributed by atoms with E-state index in [1.165, 1.54) is 11.1 Å². The van der Waals surface area contributed by atoms with Crippen molar-refractivity contribution >= 4 is 5.91 Å². The Bertz CT molecular complexity index is 710. The topological polar surface area (TPSA) is 56.1 Å². The van der Waals surface area contributed by atoms with E-state index >= 15 is 0 Å². The third-order valence-electron chi connectivity index (χ3n) is 5.21. The van der Waals surface area contributed by atoms with E-state index in [2.05, 4.69) is 29.4 Å². The molecule has 1 amide bonds. The molecule has 0 spiro atoms. The molecule has 124 valence electrons. The molecule has 0 saturated heterocycles. The van der Waals surface area contributed by atoms with Crippen molar-refractivity contribution in [1.82, 2.24) is 10.2 Å². The van der Waals surface area contributed by atoms with Crippen LogP contribution in [0.1, 0.15) is 43.4 Å². The average Bonchev–Trinajstić information content (AvgIpc) is 3.35. The fraction of sp³-hybridized carbons (Fsp3) is 0.500. The number of rotatable bonds is 6. The number of aryl methyl sites for hydroxylation is 1. The van der Waals surface area contributed by atoms with E-state index < -0.39 is 5.54 Å². The first-order valence-electron chi connectivity index (χ1n) is 8.55. The molecular formula is C20H23N3O. The first-order valence-corrected chi connectivity index (χ1v) is 8.55. The predicted octanol–water partition coefficient (Wildman–Crippen LogP) is 2.42. The number of hydrogen-bond donors (Lipinski definition) is 1. The summed E-state index contributed by atoms with van der Waals surface area (Å²) < 4.78 is 0. The van der Waals surface area contributed by atoms with Crippen LogP contribution in [-0.4, -0.2) is 29.4 Å². The van der Waals surface area contributed by atoms with Crippen LogP contribution in [0.15, 0.2) is 24.3 Å². The Balaban J connectivity index is 1.70. The van der Waals surface area contributed by atoms with Crippen molar-refractivity contribution in [2.45, 2.75) is 44.2 Å². The molecule has 3 rings (SSSR count). The van der Waals surface area contributed by atoms with Gasteiger partial charge in [-0.3, -0.25) is 9.69 Å². The van der Waals surface area contributed by atoms with E-state index in [1.807, 2.05) is 24.0 Å². The molecule has 0 aromatic heterocycles. The van der Waals surface area contributed by atoms with E-state index in [0.717, 1.165) is 25.7 Å². The van der Waals surface area contributed by atoms with Crippen molar-refractivity contribution in [2.24, 2.45) is 5.92 Å². The summed E-state index contributed by atoms with van der Waals surface area (Å²) in [5, 5.41) is 12.3. The lowest BCUT2D eigenvalue weighted by molar-refractivity contribution is -0.124. The summed E-state index contributed by atoms with van der Waals surface area (Å²) in [6.45, 7) is 2.48. The monoisotopic (exact) mass is 321 g/mol. The van der Waals surface area contributed by atoms with E-state index in [9.17, 15) is 10.1 Å². The second-order valence-electron chi connectivity index (χ2n) is 7.00. The molecule has 1 fully saturated rings. The molecule has 2 atom stereocenters. The molecule has 0 heterocycles. The highest BCUT2D eigenvalue weighted by Crippen LogP contribution is 2.39. The number of nitrogens with zero attached hydrogens (tertiary/aromatic N) is 2. The van der Waals surface area contributed by atoms with Gasteiger partial charge in [-0.15, -0.1) is 6.42 Å². The maximum Gasteiger partial charge on any atom is 0.235 e. The Hall–Kier alpha value is -2.30. The van der Waals surface area contributed by atoms with Crippen molar-refractivity contribution < 1.29 is 4.79 Å². The molecule has 4 heteroatoms. The van der Waals surface area contributed by atoms with Crippen LogP contribution in [0.25, 0.3) is 0 Å². The smallest absolute Gasteiger partial charge is 0.235 e. The molecule has 1 aromatic carbocycles. The van der Waals surface area contributed by atoms with Gasteiger partial charge in [0.1, 0.15) is 5.54 Å². The minimum Gasteiger partial charge on any atom is -0.337 e. The van der Waals surface area contributed by atoms with Gasteiger partial charge < -0.3 is 5.32 Å². The van der Waals surface area contributed by atoms with Gasteiger partial charge in [0.2, 0.25) is 5.91 Å². The van der Waals surface area contributed by atoms with E-state index in [0.29, 0.717) is 6.54 Å². The van der Waals surface area contributed by atoms with Gasteiger partial charge >= 0.3 is 0 Å². The van der Waals surface area contributed by atoms with Crippen LogP contribution in [0, 0.1) is 29.6 Å². The second-order valence-corrected chi connectivity index (χ2v) is 7.00. The van der Waals surface area contributed by atoms with Gasteiger partial charge in [-0.25, -0.2) is 0 Å². The fourth-order valence-electron chi connectivity index (χ4n) is 3.70. The lowest BCUT2D eigenvalue weighted by Crippen LogP contribution is -2.50. The van der Waals surface area contributed by atoms with Crippen LogP contribution < -0.4 is 5.32 Å². The van der Waals surface area contributed by atoms with Crippen molar-refractivity contribution in [2.75, 3.05) is 13.1 Å². The molecular weight excluding hydrogens is 298 g/mol. The van der Waals surface area contributed by atoms with Gasteiger partial charge in [0.25, 0.3) is 0 Å². The van der Waals surface area contributed by atoms with Gasteiger partial charge in [0, 0.05) is 6.04 Å². The van der Waals surface area contributed by atoms with Gasteiger partial charge in [-0.05, 0) is 49.7 Å². The van der Waals surface area contributed by atoms with Crippen molar-refractivity contribution in [3.63, 3.8) is 0 Å². The van der Waals surface area contributed by atoms with Gasteiger partial charge in [-0.1, -0.05) is 30.2 Å². The molecule has 4 nitrogen and oxygen atoms in total. The van der Waals surface area contributed by atoms with Crippen LogP contribution >= 0.6 is 0 Å². The number of benzene rings is 1. The molecule has 0 radical (unpaired) electrons. The highest BCUT2D eigenvalue weighted by Gasteiger charge is 2.43. The number of carbonyl (C=O) groups is 1. The van der Waals surface area contributed by atoms with Gasteiger partial charge in [-0.2, -0.15) is 5.26 Å². The minimum absolute atomic E-state index is 0.120. The third-order valence-corrected chi connectivity index (χ3v) is 5.21. The third kappa shape index (κ3) is 3.30. The first-order chi connectivity index (χ1) is 11.6. The predicted molar refractivity (Wildman–Crippen MR) is 92.8 cm³/mol. The number of terminal acetylenes is 1. The summed E-state index contributed by atoms with van der Waals surface area (Å²) >= 11 is 0. The summed E-state index contributed by atoms with van der Waals surface area (Å²) in [6.07, 6.45) is 9.54.